The summed E-state index contributed by atoms with van der Waals surface area (Å²) in [6.45, 7) is 7.01. The molecule has 0 N–H and O–H groups in total. The van der Waals surface area contributed by atoms with E-state index < -0.39 is 4.92 Å². The van der Waals surface area contributed by atoms with Gasteiger partial charge < -0.3 is 0 Å². The van der Waals surface area contributed by atoms with Gasteiger partial charge in [0.15, 0.2) is 0 Å². The van der Waals surface area contributed by atoms with Gasteiger partial charge in [0.1, 0.15) is 5.02 Å². The lowest BCUT2D eigenvalue weighted by Crippen LogP contribution is -2.24. The number of hydrogen-bond acceptors (Lipinski definition) is 3. The molecule has 100 valence electrons. The number of nitro benzene ring substituents is 1. The molecule has 1 rings (SSSR count). The third kappa shape index (κ3) is 4.27. The van der Waals surface area contributed by atoms with Crippen LogP contribution in [0.25, 0.3) is 0 Å². The summed E-state index contributed by atoms with van der Waals surface area (Å²) in [5.74, 6) is 0. The van der Waals surface area contributed by atoms with E-state index in [4.69, 9.17) is 11.6 Å². The first-order chi connectivity index (χ1) is 8.58. The van der Waals surface area contributed by atoms with Crippen molar-refractivity contribution in [3.8, 4) is 0 Å². The zero-order chi connectivity index (χ0) is 13.5. The lowest BCUT2D eigenvalue weighted by atomic mass is 10.2. The molecule has 0 unspecified atom stereocenters. The number of hydrogen-bond donors (Lipinski definition) is 0. The average molecular weight is 271 g/mol. The van der Waals surface area contributed by atoms with Gasteiger partial charge in [-0.05, 0) is 37.6 Å². The van der Waals surface area contributed by atoms with E-state index in [9.17, 15) is 10.1 Å². The van der Waals surface area contributed by atoms with Gasteiger partial charge >= 0.3 is 0 Å². The van der Waals surface area contributed by atoms with Gasteiger partial charge in [0.05, 0.1) is 4.92 Å². The second kappa shape index (κ2) is 7.34. The van der Waals surface area contributed by atoms with E-state index in [1.807, 2.05) is 6.07 Å². The normalized spacial score (nSPS) is 10.9. The van der Waals surface area contributed by atoms with Crippen molar-refractivity contribution in [2.24, 2.45) is 0 Å². The van der Waals surface area contributed by atoms with Gasteiger partial charge in [-0.25, -0.2) is 0 Å². The Morgan fingerprint density at radius 2 is 1.89 bits per heavy atom. The molecule has 0 amide bonds. The van der Waals surface area contributed by atoms with Gasteiger partial charge in [-0.1, -0.05) is 31.5 Å². The van der Waals surface area contributed by atoms with Crippen molar-refractivity contribution in [1.29, 1.82) is 0 Å². The Hall–Kier alpha value is -1.13. The predicted molar refractivity (Wildman–Crippen MR) is 74.0 cm³/mol. The minimum Gasteiger partial charge on any atom is -0.299 e. The SMILES string of the molecule is CCCN(CCC)Cc1ccc(Cl)c([N+](=O)[O-])c1. The van der Waals surface area contributed by atoms with Crippen molar-refractivity contribution in [3.05, 3.63) is 38.9 Å². The summed E-state index contributed by atoms with van der Waals surface area (Å²) in [5.41, 5.74) is 0.926. The van der Waals surface area contributed by atoms with Gasteiger partial charge in [-0.15, -0.1) is 0 Å². The molecule has 0 bridgehead atoms. The Bertz CT molecular complexity index is 404. The van der Waals surface area contributed by atoms with Crippen LogP contribution in [0.4, 0.5) is 5.69 Å². The summed E-state index contributed by atoms with van der Waals surface area (Å²) >= 11 is 5.79. The van der Waals surface area contributed by atoms with Crippen LogP contribution in [-0.4, -0.2) is 22.9 Å². The Balaban J connectivity index is 2.82. The molecule has 0 fully saturated rings. The highest BCUT2D eigenvalue weighted by Crippen LogP contribution is 2.25. The lowest BCUT2D eigenvalue weighted by Gasteiger charge is -2.20. The van der Waals surface area contributed by atoms with Gasteiger partial charge in [-0.2, -0.15) is 0 Å². The van der Waals surface area contributed by atoms with Crippen LogP contribution in [0.1, 0.15) is 32.3 Å². The van der Waals surface area contributed by atoms with Gasteiger partial charge in [-0.3, -0.25) is 15.0 Å². The summed E-state index contributed by atoms with van der Waals surface area (Å²) in [5, 5.41) is 11.0. The van der Waals surface area contributed by atoms with Crippen molar-refractivity contribution in [1.82, 2.24) is 4.90 Å². The Morgan fingerprint density at radius 1 is 1.28 bits per heavy atom. The molecule has 0 heterocycles. The van der Waals surface area contributed by atoms with Crippen LogP contribution in [0.5, 0.6) is 0 Å². The van der Waals surface area contributed by atoms with Crippen LogP contribution in [-0.2, 0) is 6.54 Å². The largest absolute Gasteiger partial charge is 0.299 e. The molecule has 0 saturated heterocycles. The number of nitro groups is 1. The van der Waals surface area contributed by atoms with Crippen LogP contribution in [0.3, 0.4) is 0 Å². The maximum absolute atomic E-state index is 10.8. The zero-order valence-electron chi connectivity index (χ0n) is 10.9. The van der Waals surface area contributed by atoms with E-state index >= 15 is 0 Å². The zero-order valence-corrected chi connectivity index (χ0v) is 11.6. The molecule has 4 nitrogen and oxygen atoms in total. The van der Waals surface area contributed by atoms with E-state index in [1.54, 1.807) is 12.1 Å². The molecule has 1 aromatic rings. The molecule has 0 aliphatic carbocycles. The molecule has 0 radical (unpaired) electrons. The first-order valence-corrected chi connectivity index (χ1v) is 6.61. The molecule has 5 heteroatoms. The van der Waals surface area contributed by atoms with E-state index in [1.165, 1.54) is 0 Å². The quantitative estimate of drug-likeness (QED) is 0.558. The Kier molecular flexibility index (Phi) is 6.09. The molecule has 0 saturated carbocycles. The fraction of sp³-hybridized carbons (Fsp3) is 0.538. The molecule has 1 aromatic carbocycles. The van der Waals surface area contributed by atoms with Crippen LogP contribution in [0.2, 0.25) is 5.02 Å². The van der Waals surface area contributed by atoms with Crippen molar-refractivity contribution >= 4 is 17.3 Å². The number of halogens is 1. The van der Waals surface area contributed by atoms with Crippen molar-refractivity contribution in [2.45, 2.75) is 33.2 Å². The molecule has 0 aliphatic heterocycles. The van der Waals surface area contributed by atoms with Crippen molar-refractivity contribution in [2.75, 3.05) is 13.1 Å². The molecule has 0 aromatic heterocycles. The molecule has 0 spiro atoms. The summed E-state index contributed by atoms with van der Waals surface area (Å²) in [4.78, 5) is 12.7. The number of benzene rings is 1. The molecule has 0 aliphatic rings. The fourth-order valence-corrected chi connectivity index (χ4v) is 2.14. The van der Waals surface area contributed by atoms with Gasteiger partial charge in [0.2, 0.25) is 0 Å². The Labute approximate surface area is 113 Å². The minimum atomic E-state index is -0.435. The third-order valence-electron chi connectivity index (χ3n) is 2.69. The molecule has 18 heavy (non-hydrogen) atoms. The highest BCUT2D eigenvalue weighted by atomic mass is 35.5. The highest BCUT2D eigenvalue weighted by molar-refractivity contribution is 6.32. The van der Waals surface area contributed by atoms with Gasteiger partial charge in [0, 0.05) is 12.6 Å². The number of nitrogens with zero attached hydrogens (tertiary/aromatic N) is 2. The first-order valence-electron chi connectivity index (χ1n) is 6.23. The first kappa shape index (κ1) is 14.9. The van der Waals surface area contributed by atoms with E-state index in [2.05, 4.69) is 18.7 Å². The second-order valence-corrected chi connectivity index (χ2v) is 4.73. The highest BCUT2D eigenvalue weighted by Gasteiger charge is 2.13. The number of rotatable bonds is 7. The molecular weight excluding hydrogens is 252 g/mol. The maximum Gasteiger partial charge on any atom is 0.288 e. The molecule has 0 atom stereocenters. The Morgan fingerprint density at radius 3 is 2.39 bits per heavy atom. The van der Waals surface area contributed by atoms with Gasteiger partial charge in [0.25, 0.3) is 5.69 Å². The topological polar surface area (TPSA) is 46.4 Å². The predicted octanol–water partition coefficient (Wildman–Crippen LogP) is 3.87. The summed E-state index contributed by atoms with van der Waals surface area (Å²) < 4.78 is 0. The van der Waals surface area contributed by atoms with Crippen molar-refractivity contribution in [3.63, 3.8) is 0 Å². The molecular formula is C13H19ClN2O2. The van der Waals surface area contributed by atoms with E-state index in [-0.39, 0.29) is 10.7 Å². The van der Waals surface area contributed by atoms with E-state index in [0.29, 0.717) is 0 Å². The summed E-state index contributed by atoms with van der Waals surface area (Å²) in [6, 6.07) is 5.03. The third-order valence-corrected chi connectivity index (χ3v) is 3.01. The fourth-order valence-electron chi connectivity index (χ4n) is 1.96. The lowest BCUT2D eigenvalue weighted by molar-refractivity contribution is -0.384. The minimum absolute atomic E-state index is 0.0119. The van der Waals surface area contributed by atoms with Crippen LogP contribution < -0.4 is 0 Å². The summed E-state index contributed by atoms with van der Waals surface area (Å²) in [6.07, 6.45) is 2.16. The smallest absolute Gasteiger partial charge is 0.288 e. The van der Waals surface area contributed by atoms with E-state index in [0.717, 1.165) is 38.0 Å². The average Bonchev–Trinajstić information content (AvgIpc) is 2.32. The van der Waals surface area contributed by atoms with Crippen LogP contribution >= 0.6 is 11.6 Å². The summed E-state index contributed by atoms with van der Waals surface area (Å²) in [7, 11) is 0. The standard InChI is InChI=1S/C13H19ClN2O2/c1-3-7-15(8-4-2)10-11-5-6-12(14)13(9-11)16(17)18/h5-6,9H,3-4,7-8,10H2,1-2H3. The van der Waals surface area contributed by atoms with Crippen LogP contribution in [0.15, 0.2) is 18.2 Å². The maximum atomic E-state index is 10.8. The monoisotopic (exact) mass is 270 g/mol. The van der Waals surface area contributed by atoms with Crippen molar-refractivity contribution < 1.29 is 4.92 Å². The van der Waals surface area contributed by atoms with Crippen LogP contribution in [0, 0.1) is 10.1 Å². The second-order valence-electron chi connectivity index (χ2n) is 4.32.